The fraction of sp³-hybridized carbons (Fsp3) is 0.464. The lowest BCUT2D eigenvalue weighted by Crippen LogP contribution is -2.56. The zero-order chi connectivity index (χ0) is 27.3. The molecule has 2 aromatic carbocycles. The molecule has 1 fully saturated rings. The number of rotatable bonds is 8. The Morgan fingerprint density at radius 2 is 1.73 bits per heavy atom. The average molecular weight is 512 g/mol. The number of methoxy groups -OCH3 is 1. The van der Waals surface area contributed by atoms with Crippen LogP contribution in [0.4, 0.5) is 10.5 Å². The topological polar surface area (TPSA) is 117 Å². The van der Waals surface area contributed by atoms with E-state index >= 15 is 0 Å². The third kappa shape index (κ3) is 7.15. The third-order valence-electron chi connectivity index (χ3n) is 6.25. The van der Waals surface area contributed by atoms with E-state index in [1.54, 1.807) is 83.0 Å². The number of nitrogens with one attached hydrogen (secondary N) is 2. The summed E-state index contributed by atoms with van der Waals surface area (Å²) in [7, 11) is 1.56. The van der Waals surface area contributed by atoms with Gasteiger partial charge in [-0.25, -0.2) is 4.79 Å². The zero-order valence-corrected chi connectivity index (χ0v) is 22.3. The number of anilines is 1. The van der Waals surface area contributed by atoms with E-state index in [2.05, 4.69) is 10.6 Å². The minimum atomic E-state index is -0.984. The summed E-state index contributed by atoms with van der Waals surface area (Å²) in [6.07, 6.45) is 1.72. The van der Waals surface area contributed by atoms with Gasteiger partial charge in [0.25, 0.3) is 5.91 Å². The molecule has 37 heavy (non-hydrogen) atoms. The molecule has 2 aromatic rings. The summed E-state index contributed by atoms with van der Waals surface area (Å²) in [6.45, 7) is 8.54. The van der Waals surface area contributed by atoms with Gasteiger partial charge in [-0.3, -0.25) is 9.59 Å². The molecule has 200 valence electrons. The quantitative estimate of drug-likeness (QED) is 0.474. The summed E-state index contributed by atoms with van der Waals surface area (Å²) in [6, 6.07) is 9.70. The van der Waals surface area contributed by atoms with Crippen molar-refractivity contribution in [2.45, 2.75) is 77.6 Å². The van der Waals surface area contributed by atoms with Crippen LogP contribution >= 0.6 is 0 Å². The molecule has 0 aliphatic heterocycles. The van der Waals surface area contributed by atoms with E-state index < -0.39 is 35.6 Å². The lowest BCUT2D eigenvalue weighted by molar-refractivity contribution is -0.145. The highest BCUT2D eigenvalue weighted by Crippen LogP contribution is 2.35. The highest BCUT2D eigenvalue weighted by Gasteiger charge is 2.41. The predicted octanol–water partition coefficient (Wildman–Crippen LogP) is 4.68. The van der Waals surface area contributed by atoms with E-state index in [9.17, 15) is 19.5 Å². The smallest absolute Gasteiger partial charge is 0.408 e. The van der Waals surface area contributed by atoms with E-state index in [0.29, 0.717) is 22.6 Å². The molecule has 9 nitrogen and oxygen atoms in total. The molecule has 0 spiro atoms. The molecular weight excluding hydrogens is 474 g/mol. The first-order chi connectivity index (χ1) is 17.4. The molecule has 0 bridgehead atoms. The number of aryl methyl sites for hydroxylation is 1. The number of benzene rings is 2. The van der Waals surface area contributed by atoms with E-state index in [-0.39, 0.29) is 11.8 Å². The van der Waals surface area contributed by atoms with Gasteiger partial charge in [0.05, 0.1) is 7.11 Å². The van der Waals surface area contributed by atoms with Crippen LogP contribution in [-0.2, 0) is 14.3 Å². The van der Waals surface area contributed by atoms with Crippen LogP contribution in [0.25, 0.3) is 0 Å². The van der Waals surface area contributed by atoms with E-state index in [4.69, 9.17) is 9.47 Å². The van der Waals surface area contributed by atoms with Crippen LogP contribution < -0.4 is 15.4 Å². The third-order valence-corrected chi connectivity index (χ3v) is 6.25. The number of hydrogen-bond donors (Lipinski definition) is 3. The molecule has 1 aliphatic carbocycles. The summed E-state index contributed by atoms with van der Waals surface area (Å²) in [5, 5.41) is 15.6. The lowest BCUT2D eigenvalue weighted by Gasteiger charge is -2.43. The second kappa shape index (κ2) is 11.5. The molecule has 2 atom stereocenters. The fourth-order valence-corrected chi connectivity index (χ4v) is 4.12. The normalized spacial score (nSPS) is 15.1. The Labute approximate surface area is 218 Å². The average Bonchev–Trinajstić information content (AvgIpc) is 2.78. The standard InChI is InChI=1S/C28H37N3O6/c1-17-16-19(10-15-23(17)32)24(25(33)30-20-11-13-22(36-6)14-12-20)31(21-8-7-9-21)26(34)18(2)29-27(35)37-28(3,4)5/h10-16,18,21,24,32H,7-9H2,1-6H3,(H,29,35)(H,30,33). The van der Waals surface area contributed by atoms with Crippen molar-refractivity contribution in [1.82, 2.24) is 10.2 Å². The van der Waals surface area contributed by atoms with Gasteiger partial charge in [0, 0.05) is 11.7 Å². The first kappa shape index (κ1) is 27.8. The minimum absolute atomic E-state index is 0.0968. The Balaban J connectivity index is 1.95. The van der Waals surface area contributed by atoms with Crippen molar-refractivity contribution in [2.24, 2.45) is 0 Å². The Bertz CT molecular complexity index is 1120. The number of nitrogens with zero attached hydrogens (tertiary/aromatic N) is 1. The number of phenolic OH excluding ortho intramolecular Hbond substituents is 1. The monoisotopic (exact) mass is 511 g/mol. The lowest BCUT2D eigenvalue weighted by atomic mass is 9.88. The Morgan fingerprint density at radius 1 is 1.08 bits per heavy atom. The molecule has 3 rings (SSSR count). The van der Waals surface area contributed by atoms with Gasteiger partial charge in [-0.1, -0.05) is 6.07 Å². The van der Waals surface area contributed by atoms with Crippen molar-refractivity contribution >= 4 is 23.6 Å². The number of carbonyl (C=O) groups is 3. The number of hydrogen-bond acceptors (Lipinski definition) is 6. The summed E-state index contributed by atoms with van der Waals surface area (Å²) < 4.78 is 10.5. The van der Waals surface area contributed by atoms with E-state index in [1.165, 1.54) is 6.07 Å². The molecule has 1 saturated carbocycles. The molecular formula is C28H37N3O6. The van der Waals surface area contributed by atoms with Crippen LogP contribution in [0.15, 0.2) is 42.5 Å². The Hall–Kier alpha value is -3.75. The van der Waals surface area contributed by atoms with Crippen LogP contribution in [-0.4, -0.2) is 52.7 Å². The minimum Gasteiger partial charge on any atom is -0.508 e. The van der Waals surface area contributed by atoms with Gasteiger partial charge >= 0.3 is 6.09 Å². The van der Waals surface area contributed by atoms with Gasteiger partial charge in [0.1, 0.15) is 29.2 Å². The molecule has 3 N–H and O–H groups in total. The van der Waals surface area contributed by atoms with Crippen molar-refractivity contribution in [1.29, 1.82) is 0 Å². The van der Waals surface area contributed by atoms with Gasteiger partial charge in [-0.05, 0) is 101 Å². The summed E-state index contributed by atoms with van der Waals surface area (Å²) in [4.78, 5) is 41.5. The van der Waals surface area contributed by atoms with Crippen LogP contribution in [0.1, 0.15) is 64.1 Å². The zero-order valence-electron chi connectivity index (χ0n) is 22.3. The van der Waals surface area contributed by atoms with Crippen molar-refractivity contribution in [3.8, 4) is 11.5 Å². The highest BCUT2D eigenvalue weighted by molar-refractivity contribution is 5.99. The largest absolute Gasteiger partial charge is 0.508 e. The molecule has 9 heteroatoms. The number of amides is 3. The van der Waals surface area contributed by atoms with E-state index in [0.717, 1.165) is 19.3 Å². The fourth-order valence-electron chi connectivity index (χ4n) is 4.12. The van der Waals surface area contributed by atoms with Crippen molar-refractivity contribution in [3.63, 3.8) is 0 Å². The number of aromatic hydroxyl groups is 1. The Morgan fingerprint density at radius 3 is 2.24 bits per heavy atom. The summed E-state index contributed by atoms with van der Waals surface area (Å²) in [5.74, 6) is -0.0484. The van der Waals surface area contributed by atoms with E-state index in [1.807, 2.05) is 0 Å². The van der Waals surface area contributed by atoms with Gasteiger partial charge in [-0.2, -0.15) is 0 Å². The summed E-state index contributed by atoms with van der Waals surface area (Å²) in [5.41, 5.74) is 0.976. The van der Waals surface area contributed by atoms with Gasteiger partial charge < -0.3 is 30.1 Å². The van der Waals surface area contributed by atoms with Crippen molar-refractivity contribution in [3.05, 3.63) is 53.6 Å². The molecule has 0 heterocycles. The highest BCUT2D eigenvalue weighted by atomic mass is 16.6. The van der Waals surface area contributed by atoms with Crippen LogP contribution in [0, 0.1) is 6.92 Å². The Kier molecular flexibility index (Phi) is 8.68. The van der Waals surface area contributed by atoms with Crippen LogP contribution in [0.2, 0.25) is 0 Å². The van der Waals surface area contributed by atoms with Crippen molar-refractivity contribution < 1.29 is 29.0 Å². The maximum atomic E-state index is 13.8. The maximum absolute atomic E-state index is 13.8. The van der Waals surface area contributed by atoms with Gasteiger partial charge in [0.15, 0.2) is 0 Å². The molecule has 0 radical (unpaired) electrons. The SMILES string of the molecule is COc1ccc(NC(=O)C(c2ccc(O)c(C)c2)N(C(=O)C(C)NC(=O)OC(C)(C)C)C2CCC2)cc1. The van der Waals surface area contributed by atoms with Gasteiger partial charge in [0.2, 0.25) is 5.91 Å². The second-order valence-corrected chi connectivity index (χ2v) is 10.4. The molecule has 1 aliphatic rings. The maximum Gasteiger partial charge on any atom is 0.408 e. The molecule has 2 unspecified atom stereocenters. The predicted molar refractivity (Wildman–Crippen MR) is 141 cm³/mol. The van der Waals surface area contributed by atoms with Crippen molar-refractivity contribution in [2.75, 3.05) is 12.4 Å². The van der Waals surface area contributed by atoms with Gasteiger partial charge in [-0.15, -0.1) is 0 Å². The van der Waals surface area contributed by atoms with Crippen LogP contribution in [0.5, 0.6) is 11.5 Å². The number of carbonyl (C=O) groups excluding carboxylic acids is 3. The first-order valence-corrected chi connectivity index (χ1v) is 12.5. The molecule has 3 amide bonds. The summed E-state index contributed by atoms with van der Waals surface area (Å²) >= 11 is 0. The van der Waals surface area contributed by atoms with Crippen LogP contribution in [0.3, 0.4) is 0 Å². The molecule has 0 saturated heterocycles. The number of phenols is 1. The second-order valence-electron chi connectivity index (χ2n) is 10.4. The number of alkyl carbamates (subject to hydrolysis) is 1. The first-order valence-electron chi connectivity index (χ1n) is 12.5. The number of ether oxygens (including phenoxy) is 2. The molecule has 0 aromatic heterocycles.